The van der Waals surface area contributed by atoms with Crippen LogP contribution in [0.5, 0.6) is 5.75 Å². The molecule has 25 heavy (non-hydrogen) atoms. The number of hydrogen-bond donors (Lipinski definition) is 1. The summed E-state index contributed by atoms with van der Waals surface area (Å²) < 4.78 is 5.31. The van der Waals surface area contributed by atoms with Crippen LogP contribution in [0.15, 0.2) is 46.3 Å². The van der Waals surface area contributed by atoms with E-state index < -0.39 is 0 Å². The number of thioether (sulfide) groups is 1. The number of rotatable bonds is 3. The molecule has 0 unspecified atom stereocenters. The molecule has 4 nitrogen and oxygen atoms in total. The van der Waals surface area contributed by atoms with Crippen LogP contribution in [0.4, 0.5) is 5.69 Å². The smallest absolute Gasteiger partial charge is 0.264 e. The summed E-state index contributed by atoms with van der Waals surface area (Å²) in [4.78, 5) is 17.2. The maximum atomic E-state index is 12.2. The second-order valence-corrected chi connectivity index (χ2v) is 7.12. The van der Waals surface area contributed by atoms with E-state index in [1.807, 2.05) is 25.1 Å². The molecule has 3 rings (SSSR count). The minimum atomic E-state index is -0.230. The lowest BCUT2D eigenvalue weighted by atomic mass is 10.2. The Morgan fingerprint density at radius 3 is 2.80 bits per heavy atom. The fraction of sp³-hybridized carbons (Fsp3) is 0.111. The number of carbonyl (C=O) groups excluding carboxylic acids is 1. The lowest BCUT2D eigenvalue weighted by Gasteiger charge is -2.05. The zero-order chi connectivity index (χ0) is 18.0. The van der Waals surface area contributed by atoms with Gasteiger partial charge >= 0.3 is 0 Å². The fourth-order valence-corrected chi connectivity index (χ4v) is 3.44. The molecule has 128 valence electrons. The fourth-order valence-electron chi connectivity index (χ4n) is 2.25. The standard InChI is InChI=1S/C18H14Cl2N2O2S/c1-10-6-7-14(24-2)13(8-10)21-18-22-17(23)15(25-18)9-11-4-3-5-12(19)16(11)20/h3-9H,1-2H3,(H,21,22,23)/b15-9-. The second kappa shape index (κ2) is 7.52. The summed E-state index contributed by atoms with van der Waals surface area (Å²) in [7, 11) is 1.58. The average molecular weight is 393 g/mol. The molecule has 1 aliphatic heterocycles. The summed E-state index contributed by atoms with van der Waals surface area (Å²) in [6.07, 6.45) is 1.70. The average Bonchev–Trinajstić information content (AvgIpc) is 2.91. The van der Waals surface area contributed by atoms with Crippen LogP contribution in [0.1, 0.15) is 11.1 Å². The zero-order valence-corrected chi connectivity index (χ0v) is 15.8. The van der Waals surface area contributed by atoms with Crippen LogP contribution >= 0.6 is 35.0 Å². The zero-order valence-electron chi connectivity index (χ0n) is 13.5. The molecular formula is C18H14Cl2N2O2S. The molecule has 0 aromatic heterocycles. The lowest BCUT2D eigenvalue weighted by Crippen LogP contribution is -2.19. The van der Waals surface area contributed by atoms with Crippen molar-refractivity contribution in [1.29, 1.82) is 0 Å². The number of benzene rings is 2. The molecule has 1 amide bonds. The van der Waals surface area contributed by atoms with E-state index in [0.29, 0.717) is 37.1 Å². The van der Waals surface area contributed by atoms with Crippen molar-refractivity contribution < 1.29 is 9.53 Å². The molecule has 1 N–H and O–H groups in total. The number of ether oxygens (including phenoxy) is 1. The van der Waals surface area contributed by atoms with Crippen molar-refractivity contribution in [2.24, 2.45) is 4.99 Å². The van der Waals surface area contributed by atoms with Crippen LogP contribution in [0.2, 0.25) is 10.0 Å². The van der Waals surface area contributed by atoms with Crippen LogP contribution in [-0.2, 0) is 4.79 Å². The first-order valence-electron chi connectivity index (χ1n) is 7.36. The Morgan fingerprint density at radius 1 is 1.24 bits per heavy atom. The maximum Gasteiger partial charge on any atom is 0.264 e. The van der Waals surface area contributed by atoms with Crippen molar-refractivity contribution in [2.75, 3.05) is 7.11 Å². The van der Waals surface area contributed by atoms with Crippen LogP contribution < -0.4 is 10.1 Å². The molecular weight excluding hydrogens is 379 g/mol. The summed E-state index contributed by atoms with van der Waals surface area (Å²) in [6, 6.07) is 11.0. The van der Waals surface area contributed by atoms with E-state index in [1.54, 1.807) is 31.4 Å². The number of nitrogens with zero attached hydrogens (tertiary/aromatic N) is 1. The molecule has 0 spiro atoms. The number of aryl methyl sites for hydroxylation is 1. The van der Waals surface area contributed by atoms with Gasteiger partial charge in [-0.05, 0) is 54.1 Å². The number of hydrogen-bond acceptors (Lipinski definition) is 4. The van der Waals surface area contributed by atoms with Gasteiger partial charge in [0.1, 0.15) is 11.4 Å². The lowest BCUT2D eigenvalue weighted by molar-refractivity contribution is -0.115. The van der Waals surface area contributed by atoms with E-state index >= 15 is 0 Å². The van der Waals surface area contributed by atoms with Crippen LogP contribution in [0, 0.1) is 6.92 Å². The van der Waals surface area contributed by atoms with E-state index in [2.05, 4.69) is 10.3 Å². The highest BCUT2D eigenvalue weighted by atomic mass is 35.5. The largest absolute Gasteiger partial charge is 0.494 e. The predicted octanol–water partition coefficient (Wildman–Crippen LogP) is 5.20. The molecule has 0 atom stereocenters. The molecule has 2 aromatic rings. The van der Waals surface area contributed by atoms with Gasteiger partial charge in [-0.25, -0.2) is 4.99 Å². The Morgan fingerprint density at radius 2 is 2.04 bits per heavy atom. The number of carbonyl (C=O) groups is 1. The molecule has 0 radical (unpaired) electrons. The molecule has 1 heterocycles. The summed E-state index contributed by atoms with van der Waals surface area (Å²) in [5, 5.41) is 4.09. The minimum absolute atomic E-state index is 0.230. The first-order valence-corrected chi connectivity index (χ1v) is 8.93. The van der Waals surface area contributed by atoms with Gasteiger partial charge in [-0.15, -0.1) is 0 Å². The summed E-state index contributed by atoms with van der Waals surface area (Å²) in [5.74, 6) is 0.412. The van der Waals surface area contributed by atoms with Gasteiger partial charge in [0.05, 0.1) is 22.1 Å². The number of amides is 1. The first-order chi connectivity index (χ1) is 12.0. The van der Waals surface area contributed by atoms with Crippen molar-refractivity contribution in [1.82, 2.24) is 5.32 Å². The predicted molar refractivity (Wildman–Crippen MR) is 105 cm³/mol. The van der Waals surface area contributed by atoms with Gasteiger partial charge in [0.15, 0.2) is 5.17 Å². The van der Waals surface area contributed by atoms with Crippen LogP contribution in [0.25, 0.3) is 6.08 Å². The second-order valence-electron chi connectivity index (χ2n) is 5.30. The Hall–Kier alpha value is -1.95. The SMILES string of the molecule is COc1ccc(C)cc1N=C1NC(=O)/C(=C/c2cccc(Cl)c2Cl)S1. The van der Waals surface area contributed by atoms with E-state index in [4.69, 9.17) is 27.9 Å². The highest BCUT2D eigenvalue weighted by Crippen LogP contribution is 2.34. The third kappa shape index (κ3) is 4.00. The number of halogens is 2. The van der Waals surface area contributed by atoms with Gasteiger partial charge in [0.25, 0.3) is 5.91 Å². The van der Waals surface area contributed by atoms with Gasteiger partial charge in [-0.2, -0.15) is 0 Å². The Bertz CT molecular complexity index is 910. The minimum Gasteiger partial charge on any atom is -0.494 e. The third-order valence-corrected chi connectivity index (χ3v) is 5.22. The van der Waals surface area contributed by atoms with Gasteiger partial charge < -0.3 is 10.1 Å². The quantitative estimate of drug-likeness (QED) is 0.729. The number of nitrogens with one attached hydrogen (secondary N) is 1. The third-order valence-electron chi connectivity index (χ3n) is 3.48. The Labute approximate surface area is 159 Å². The van der Waals surface area contributed by atoms with E-state index in [0.717, 1.165) is 5.56 Å². The molecule has 7 heteroatoms. The number of aliphatic imine (C=N–C) groups is 1. The molecule has 0 bridgehead atoms. The monoisotopic (exact) mass is 392 g/mol. The molecule has 1 aliphatic rings. The topological polar surface area (TPSA) is 50.7 Å². The van der Waals surface area contributed by atoms with Crippen molar-refractivity contribution in [3.63, 3.8) is 0 Å². The maximum absolute atomic E-state index is 12.2. The van der Waals surface area contributed by atoms with E-state index in [9.17, 15) is 4.79 Å². The van der Waals surface area contributed by atoms with Crippen LogP contribution in [0.3, 0.4) is 0 Å². The van der Waals surface area contributed by atoms with Gasteiger partial charge in [-0.3, -0.25) is 4.79 Å². The highest BCUT2D eigenvalue weighted by Gasteiger charge is 2.24. The van der Waals surface area contributed by atoms with Crippen molar-refractivity contribution in [3.05, 3.63) is 62.5 Å². The number of amidine groups is 1. The summed E-state index contributed by atoms with van der Waals surface area (Å²) in [5.41, 5.74) is 2.39. The Balaban J connectivity index is 1.91. The molecule has 1 fully saturated rings. The first kappa shape index (κ1) is 17.9. The summed E-state index contributed by atoms with van der Waals surface area (Å²) >= 11 is 13.4. The van der Waals surface area contributed by atoms with E-state index in [1.165, 1.54) is 11.8 Å². The molecule has 0 saturated carbocycles. The van der Waals surface area contributed by atoms with Crippen molar-refractivity contribution >= 4 is 57.8 Å². The molecule has 0 aliphatic carbocycles. The summed E-state index contributed by atoms with van der Waals surface area (Å²) in [6.45, 7) is 1.97. The molecule has 1 saturated heterocycles. The number of methoxy groups -OCH3 is 1. The van der Waals surface area contributed by atoms with Crippen molar-refractivity contribution in [3.8, 4) is 5.75 Å². The van der Waals surface area contributed by atoms with Gasteiger partial charge in [-0.1, -0.05) is 41.4 Å². The highest BCUT2D eigenvalue weighted by molar-refractivity contribution is 8.18. The van der Waals surface area contributed by atoms with Crippen molar-refractivity contribution in [2.45, 2.75) is 6.92 Å². The van der Waals surface area contributed by atoms with E-state index in [-0.39, 0.29) is 5.91 Å². The van der Waals surface area contributed by atoms with Gasteiger partial charge in [0, 0.05) is 0 Å². The Kier molecular flexibility index (Phi) is 5.37. The molecule has 2 aromatic carbocycles. The normalized spacial score (nSPS) is 17.2. The van der Waals surface area contributed by atoms with Gasteiger partial charge in [0.2, 0.25) is 0 Å². The van der Waals surface area contributed by atoms with Crippen LogP contribution in [-0.4, -0.2) is 18.2 Å².